The zero-order valence-electron chi connectivity index (χ0n) is 15.5. The normalized spacial score (nSPS) is 17.0. The fraction of sp³-hybridized carbons (Fsp3) is 0.400. The number of piperidine rings is 1. The Hall–Kier alpha value is -2.02. The highest BCUT2D eigenvalue weighted by Crippen LogP contribution is 2.33. The van der Waals surface area contributed by atoms with E-state index in [1.807, 2.05) is 30.6 Å². The minimum Gasteiger partial charge on any atom is -0.385 e. The molecule has 3 aromatic rings. The van der Waals surface area contributed by atoms with E-state index in [-0.39, 0.29) is 18.2 Å². The van der Waals surface area contributed by atoms with Gasteiger partial charge in [-0.25, -0.2) is 13.9 Å². The Kier molecular flexibility index (Phi) is 5.51. The number of halogens is 2. The maximum atomic E-state index is 13.1. The van der Waals surface area contributed by atoms with Crippen molar-refractivity contribution in [3.05, 3.63) is 64.9 Å². The monoisotopic (exact) mass is 390 g/mol. The second kappa shape index (κ2) is 7.54. The maximum Gasteiger partial charge on any atom is 0.159 e. The molecular weight excluding hydrogens is 367 g/mol. The Morgan fingerprint density at radius 3 is 2.48 bits per heavy atom. The van der Waals surface area contributed by atoms with Crippen molar-refractivity contribution in [1.29, 1.82) is 0 Å². The zero-order chi connectivity index (χ0) is 18.3. The van der Waals surface area contributed by atoms with Crippen molar-refractivity contribution >= 4 is 18.1 Å². The molecule has 0 saturated carbocycles. The lowest BCUT2D eigenvalue weighted by Gasteiger charge is -2.38. The molecule has 1 N–H and O–H groups in total. The van der Waals surface area contributed by atoms with Gasteiger partial charge in [-0.3, -0.25) is 4.90 Å². The summed E-state index contributed by atoms with van der Waals surface area (Å²) in [6.07, 6.45) is 3.14. The molecule has 1 saturated heterocycles. The van der Waals surface area contributed by atoms with Crippen LogP contribution >= 0.6 is 12.4 Å². The molecule has 1 fully saturated rings. The first-order valence-corrected chi connectivity index (χ1v) is 8.96. The summed E-state index contributed by atoms with van der Waals surface area (Å²) in [5.41, 5.74) is 3.98. The van der Waals surface area contributed by atoms with E-state index in [1.165, 1.54) is 12.1 Å². The first-order valence-electron chi connectivity index (χ1n) is 8.96. The molecule has 1 aliphatic rings. The number of aliphatic hydroxyl groups is 1. The van der Waals surface area contributed by atoms with Crippen LogP contribution in [0, 0.1) is 19.7 Å². The Balaban J connectivity index is 0.00000210. The smallest absolute Gasteiger partial charge is 0.159 e. The van der Waals surface area contributed by atoms with Gasteiger partial charge in [0, 0.05) is 36.6 Å². The topological polar surface area (TPSA) is 53.7 Å². The molecule has 0 radical (unpaired) electrons. The Morgan fingerprint density at radius 1 is 1.15 bits per heavy atom. The highest BCUT2D eigenvalue weighted by Gasteiger charge is 2.34. The van der Waals surface area contributed by atoms with Gasteiger partial charge in [-0.05, 0) is 50.5 Å². The fourth-order valence-corrected chi connectivity index (χ4v) is 3.80. The quantitative estimate of drug-likeness (QED) is 0.744. The third-order valence-electron chi connectivity index (χ3n) is 5.31. The summed E-state index contributed by atoms with van der Waals surface area (Å²) in [7, 11) is 0. The molecule has 0 bridgehead atoms. The summed E-state index contributed by atoms with van der Waals surface area (Å²) in [5.74, 6) is -0.277. The molecule has 5 nitrogen and oxygen atoms in total. The van der Waals surface area contributed by atoms with E-state index in [4.69, 9.17) is 0 Å². The van der Waals surface area contributed by atoms with Crippen molar-refractivity contribution in [2.24, 2.45) is 0 Å². The van der Waals surface area contributed by atoms with E-state index in [0.29, 0.717) is 12.8 Å². The van der Waals surface area contributed by atoms with Crippen LogP contribution in [0.15, 0.2) is 36.5 Å². The van der Waals surface area contributed by atoms with Gasteiger partial charge in [0.25, 0.3) is 0 Å². The highest BCUT2D eigenvalue weighted by molar-refractivity contribution is 5.85. The van der Waals surface area contributed by atoms with Gasteiger partial charge in [-0.15, -0.1) is 12.4 Å². The van der Waals surface area contributed by atoms with Gasteiger partial charge in [0.1, 0.15) is 5.82 Å². The number of rotatable bonds is 3. The number of hydrogen-bond donors (Lipinski definition) is 1. The molecule has 0 atom stereocenters. The van der Waals surface area contributed by atoms with Crippen LogP contribution in [-0.2, 0) is 12.1 Å². The molecule has 0 spiro atoms. The number of aryl methyl sites for hydroxylation is 2. The Morgan fingerprint density at radius 2 is 1.81 bits per heavy atom. The lowest BCUT2D eigenvalue weighted by atomic mass is 9.84. The highest BCUT2D eigenvalue weighted by atomic mass is 35.5. The molecule has 7 heteroatoms. The number of hydrogen-bond acceptors (Lipinski definition) is 4. The third kappa shape index (κ3) is 3.83. The Bertz CT molecular complexity index is 933. The average Bonchev–Trinajstić information content (AvgIpc) is 3.01. The van der Waals surface area contributed by atoms with Crippen LogP contribution < -0.4 is 0 Å². The van der Waals surface area contributed by atoms with E-state index in [1.54, 1.807) is 12.1 Å². The standard InChI is InChI=1S/C20H23FN4O.ClH/c1-14-11-15(2)25-19(23-14)16(12-22-25)13-24-9-7-20(26,8-10-24)17-3-5-18(21)6-4-17;/h3-6,11-12,26H,7-10,13H2,1-2H3;1H. The van der Waals surface area contributed by atoms with Crippen LogP contribution in [0.2, 0.25) is 0 Å². The van der Waals surface area contributed by atoms with Crippen molar-refractivity contribution in [1.82, 2.24) is 19.5 Å². The lowest BCUT2D eigenvalue weighted by Crippen LogP contribution is -2.42. The molecule has 2 aromatic heterocycles. The molecule has 1 aliphatic heterocycles. The molecule has 144 valence electrons. The third-order valence-corrected chi connectivity index (χ3v) is 5.31. The van der Waals surface area contributed by atoms with E-state index < -0.39 is 5.60 Å². The summed E-state index contributed by atoms with van der Waals surface area (Å²) in [4.78, 5) is 6.95. The maximum absolute atomic E-state index is 13.1. The summed E-state index contributed by atoms with van der Waals surface area (Å²) < 4.78 is 15.0. The van der Waals surface area contributed by atoms with Crippen LogP contribution in [0.1, 0.15) is 35.4 Å². The van der Waals surface area contributed by atoms with Gasteiger partial charge in [-0.1, -0.05) is 12.1 Å². The van der Waals surface area contributed by atoms with E-state index in [2.05, 4.69) is 15.0 Å². The van der Waals surface area contributed by atoms with Gasteiger partial charge in [0.15, 0.2) is 5.65 Å². The number of benzene rings is 1. The average molecular weight is 391 g/mol. The van der Waals surface area contributed by atoms with Crippen LogP contribution in [-0.4, -0.2) is 37.7 Å². The zero-order valence-corrected chi connectivity index (χ0v) is 16.3. The van der Waals surface area contributed by atoms with Crippen molar-refractivity contribution in [2.75, 3.05) is 13.1 Å². The van der Waals surface area contributed by atoms with E-state index in [9.17, 15) is 9.50 Å². The van der Waals surface area contributed by atoms with Crippen LogP contribution in [0.4, 0.5) is 4.39 Å². The molecule has 1 aromatic carbocycles. The molecular formula is C20H24ClFN4O. The first kappa shape index (κ1) is 19.7. The predicted molar refractivity (Wildman–Crippen MR) is 105 cm³/mol. The largest absolute Gasteiger partial charge is 0.385 e. The van der Waals surface area contributed by atoms with Crippen molar-refractivity contribution in [2.45, 2.75) is 38.8 Å². The van der Waals surface area contributed by atoms with Gasteiger partial charge >= 0.3 is 0 Å². The number of aromatic nitrogens is 3. The molecule has 0 unspecified atom stereocenters. The summed E-state index contributed by atoms with van der Waals surface area (Å²) in [6, 6.07) is 8.22. The Labute approximate surface area is 164 Å². The molecule has 0 amide bonds. The van der Waals surface area contributed by atoms with Gasteiger partial charge in [0.2, 0.25) is 0 Å². The molecule has 27 heavy (non-hydrogen) atoms. The van der Waals surface area contributed by atoms with Gasteiger partial charge in [-0.2, -0.15) is 5.10 Å². The van der Waals surface area contributed by atoms with E-state index in [0.717, 1.165) is 47.8 Å². The first-order chi connectivity index (χ1) is 12.4. The lowest BCUT2D eigenvalue weighted by molar-refractivity contribution is -0.0277. The second-order valence-corrected chi connectivity index (χ2v) is 7.26. The second-order valence-electron chi connectivity index (χ2n) is 7.26. The SMILES string of the molecule is Cc1cc(C)n2ncc(CN3CCC(O)(c4ccc(F)cc4)CC3)c2n1.Cl. The number of likely N-dealkylation sites (tertiary alicyclic amines) is 1. The van der Waals surface area contributed by atoms with Crippen molar-refractivity contribution in [3.63, 3.8) is 0 Å². The molecule has 4 rings (SSSR count). The van der Waals surface area contributed by atoms with E-state index >= 15 is 0 Å². The minimum absolute atomic E-state index is 0. The van der Waals surface area contributed by atoms with Gasteiger partial charge in [0.05, 0.1) is 11.8 Å². The number of fused-ring (bicyclic) bond motifs is 1. The molecule has 3 heterocycles. The van der Waals surface area contributed by atoms with Crippen LogP contribution in [0.25, 0.3) is 5.65 Å². The summed E-state index contributed by atoms with van der Waals surface area (Å²) >= 11 is 0. The molecule has 0 aliphatic carbocycles. The van der Waals surface area contributed by atoms with Crippen molar-refractivity contribution in [3.8, 4) is 0 Å². The predicted octanol–water partition coefficient (Wildman–Crippen LogP) is 3.39. The van der Waals surface area contributed by atoms with Crippen LogP contribution in [0.3, 0.4) is 0 Å². The number of nitrogens with zero attached hydrogens (tertiary/aromatic N) is 4. The fourth-order valence-electron chi connectivity index (χ4n) is 3.80. The summed E-state index contributed by atoms with van der Waals surface area (Å²) in [6.45, 7) is 6.33. The van der Waals surface area contributed by atoms with Crippen molar-refractivity contribution < 1.29 is 9.50 Å². The van der Waals surface area contributed by atoms with Gasteiger partial charge < -0.3 is 5.11 Å². The summed E-state index contributed by atoms with van der Waals surface area (Å²) in [5, 5.41) is 15.4. The minimum atomic E-state index is -0.878. The van der Waals surface area contributed by atoms with Crippen LogP contribution in [0.5, 0.6) is 0 Å².